The van der Waals surface area contributed by atoms with E-state index in [9.17, 15) is 9.59 Å². The Morgan fingerprint density at radius 1 is 0.960 bits per heavy atom. The molecule has 0 bridgehead atoms. The average Bonchev–Trinajstić information content (AvgIpc) is 2.65. The number of benzene rings is 2. The summed E-state index contributed by atoms with van der Waals surface area (Å²) in [6.07, 6.45) is 1.66. The molecule has 0 radical (unpaired) electrons. The summed E-state index contributed by atoms with van der Waals surface area (Å²) < 4.78 is 5.07. The number of hydrogen-bond donors (Lipinski definition) is 1. The quantitative estimate of drug-likeness (QED) is 0.571. The van der Waals surface area contributed by atoms with Crippen LogP contribution in [0.3, 0.4) is 0 Å². The van der Waals surface area contributed by atoms with Crippen LogP contribution in [0.5, 0.6) is 0 Å². The second-order valence-corrected chi connectivity index (χ2v) is 6.52. The largest absolute Gasteiger partial charge is 0.455 e. The van der Waals surface area contributed by atoms with Crippen LogP contribution >= 0.6 is 11.8 Å². The molecule has 1 N–H and O–H groups in total. The van der Waals surface area contributed by atoms with E-state index in [1.807, 2.05) is 62.4 Å². The van der Waals surface area contributed by atoms with E-state index in [-0.39, 0.29) is 18.3 Å². The highest BCUT2D eigenvalue weighted by Gasteiger charge is 2.12. The molecule has 0 heterocycles. The van der Waals surface area contributed by atoms with Crippen molar-refractivity contribution in [2.45, 2.75) is 31.6 Å². The first-order valence-corrected chi connectivity index (χ1v) is 9.36. The van der Waals surface area contributed by atoms with Crippen LogP contribution < -0.4 is 5.32 Å². The smallest absolute Gasteiger partial charge is 0.316 e. The fraction of sp³-hybridized carbons (Fsp3) is 0.300. The van der Waals surface area contributed by atoms with Gasteiger partial charge in [-0.2, -0.15) is 0 Å². The number of aryl methyl sites for hydroxylation is 2. The molecule has 0 aliphatic carbocycles. The Labute approximate surface area is 153 Å². The Hall–Kier alpha value is -2.27. The van der Waals surface area contributed by atoms with Gasteiger partial charge in [-0.1, -0.05) is 50.2 Å². The average molecular weight is 357 g/mol. The van der Waals surface area contributed by atoms with Crippen LogP contribution in [0.25, 0.3) is 0 Å². The van der Waals surface area contributed by atoms with Crippen molar-refractivity contribution in [2.24, 2.45) is 0 Å². The van der Waals surface area contributed by atoms with Gasteiger partial charge < -0.3 is 10.1 Å². The van der Waals surface area contributed by atoms with Crippen molar-refractivity contribution in [2.75, 3.05) is 17.7 Å². The number of esters is 1. The van der Waals surface area contributed by atoms with Crippen LogP contribution in [0.2, 0.25) is 0 Å². The van der Waals surface area contributed by atoms with E-state index in [4.69, 9.17) is 4.74 Å². The predicted molar refractivity (Wildman–Crippen MR) is 102 cm³/mol. The number of carbonyl (C=O) groups excluding carboxylic acids is 2. The summed E-state index contributed by atoms with van der Waals surface area (Å²) >= 11 is 1.39. The molecule has 25 heavy (non-hydrogen) atoms. The van der Waals surface area contributed by atoms with Crippen molar-refractivity contribution >= 4 is 29.3 Å². The highest BCUT2D eigenvalue weighted by atomic mass is 32.2. The third kappa shape index (κ3) is 5.94. The fourth-order valence-electron chi connectivity index (χ4n) is 2.43. The monoisotopic (exact) mass is 357 g/mol. The number of carbonyl (C=O) groups is 2. The number of nitrogens with one attached hydrogen (secondary N) is 1. The SMILES string of the molecule is CCc1cccc(CC)c1NC(=O)COC(=O)CSc1ccccc1. The number of para-hydroxylation sites is 1. The van der Waals surface area contributed by atoms with Gasteiger partial charge in [-0.15, -0.1) is 11.8 Å². The summed E-state index contributed by atoms with van der Waals surface area (Å²) in [6, 6.07) is 15.6. The molecular formula is C20H23NO3S. The zero-order valence-corrected chi connectivity index (χ0v) is 15.4. The molecule has 0 spiro atoms. The lowest BCUT2D eigenvalue weighted by Gasteiger charge is -2.14. The van der Waals surface area contributed by atoms with E-state index < -0.39 is 5.97 Å². The van der Waals surface area contributed by atoms with E-state index in [0.717, 1.165) is 34.6 Å². The van der Waals surface area contributed by atoms with E-state index >= 15 is 0 Å². The minimum atomic E-state index is -0.400. The van der Waals surface area contributed by atoms with Crippen molar-refractivity contribution in [3.8, 4) is 0 Å². The molecule has 0 aromatic heterocycles. The summed E-state index contributed by atoms with van der Waals surface area (Å²) in [6.45, 7) is 3.83. The van der Waals surface area contributed by atoms with E-state index in [2.05, 4.69) is 5.32 Å². The standard InChI is InChI=1S/C20H23NO3S/c1-3-15-9-8-10-16(4-2)20(15)21-18(22)13-24-19(23)14-25-17-11-6-5-7-12-17/h5-12H,3-4,13-14H2,1-2H3,(H,21,22). The van der Waals surface area contributed by atoms with Gasteiger partial charge in [-0.3, -0.25) is 9.59 Å². The Bertz CT molecular complexity index is 694. The highest BCUT2D eigenvalue weighted by Crippen LogP contribution is 2.22. The second kappa shape index (κ2) is 9.89. The first-order chi connectivity index (χ1) is 12.1. The van der Waals surface area contributed by atoms with Gasteiger partial charge in [-0.25, -0.2) is 0 Å². The molecule has 0 saturated heterocycles. The summed E-state index contributed by atoms with van der Waals surface area (Å²) in [7, 11) is 0. The zero-order valence-electron chi connectivity index (χ0n) is 14.6. The van der Waals surface area contributed by atoms with Crippen molar-refractivity contribution in [1.29, 1.82) is 0 Å². The Morgan fingerprint density at radius 3 is 2.20 bits per heavy atom. The molecule has 0 atom stereocenters. The number of ether oxygens (including phenoxy) is 1. The molecule has 0 aliphatic heterocycles. The third-order valence-electron chi connectivity index (χ3n) is 3.73. The summed E-state index contributed by atoms with van der Waals surface area (Å²) in [5.41, 5.74) is 3.00. The Morgan fingerprint density at radius 2 is 1.60 bits per heavy atom. The Kier molecular flexibility index (Phi) is 7.54. The summed E-state index contributed by atoms with van der Waals surface area (Å²) in [5.74, 6) is -0.527. The summed E-state index contributed by atoms with van der Waals surface area (Å²) in [4.78, 5) is 24.9. The summed E-state index contributed by atoms with van der Waals surface area (Å²) in [5, 5.41) is 2.89. The molecule has 0 unspecified atom stereocenters. The first kappa shape index (κ1) is 19.1. The van der Waals surface area contributed by atoms with Gasteiger partial charge in [0.1, 0.15) is 0 Å². The maximum Gasteiger partial charge on any atom is 0.316 e. The number of hydrogen-bond acceptors (Lipinski definition) is 4. The number of thioether (sulfide) groups is 1. The maximum atomic E-state index is 12.1. The van der Waals surface area contributed by atoms with Crippen LogP contribution in [0, 0.1) is 0 Å². The van der Waals surface area contributed by atoms with Crippen molar-refractivity contribution in [1.82, 2.24) is 0 Å². The van der Waals surface area contributed by atoms with Gasteiger partial charge in [0.2, 0.25) is 0 Å². The maximum absolute atomic E-state index is 12.1. The van der Waals surface area contributed by atoms with Crippen LogP contribution in [0.4, 0.5) is 5.69 Å². The van der Waals surface area contributed by atoms with E-state index in [1.165, 1.54) is 11.8 Å². The van der Waals surface area contributed by atoms with E-state index in [0.29, 0.717) is 0 Å². The van der Waals surface area contributed by atoms with Crippen LogP contribution in [0.1, 0.15) is 25.0 Å². The normalized spacial score (nSPS) is 10.3. The van der Waals surface area contributed by atoms with Crippen molar-refractivity contribution in [3.05, 3.63) is 59.7 Å². The molecule has 5 heteroatoms. The number of rotatable bonds is 8. The number of amides is 1. The topological polar surface area (TPSA) is 55.4 Å². The van der Waals surface area contributed by atoms with Gasteiger partial charge in [0.05, 0.1) is 5.75 Å². The molecule has 0 saturated carbocycles. The molecule has 0 fully saturated rings. The van der Waals surface area contributed by atoms with Gasteiger partial charge in [0.25, 0.3) is 5.91 Å². The number of anilines is 1. The molecular weight excluding hydrogens is 334 g/mol. The second-order valence-electron chi connectivity index (χ2n) is 5.47. The molecule has 2 rings (SSSR count). The molecule has 1 amide bonds. The molecule has 0 aliphatic rings. The van der Waals surface area contributed by atoms with Crippen molar-refractivity contribution in [3.63, 3.8) is 0 Å². The van der Waals surface area contributed by atoms with Crippen LogP contribution in [0.15, 0.2) is 53.4 Å². The van der Waals surface area contributed by atoms with Crippen LogP contribution in [-0.4, -0.2) is 24.2 Å². The lowest BCUT2D eigenvalue weighted by molar-refractivity contribution is -0.144. The van der Waals surface area contributed by atoms with Crippen molar-refractivity contribution < 1.29 is 14.3 Å². The molecule has 2 aromatic rings. The van der Waals surface area contributed by atoms with Gasteiger partial charge in [0, 0.05) is 10.6 Å². The molecule has 132 valence electrons. The van der Waals surface area contributed by atoms with Crippen LogP contribution in [-0.2, 0) is 27.2 Å². The fourth-order valence-corrected chi connectivity index (χ4v) is 3.14. The lowest BCUT2D eigenvalue weighted by Crippen LogP contribution is -2.22. The Balaban J connectivity index is 1.83. The van der Waals surface area contributed by atoms with Gasteiger partial charge in [0.15, 0.2) is 6.61 Å². The van der Waals surface area contributed by atoms with Gasteiger partial charge >= 0.3 is 5.97 Å². The highest BCUT2D eigenvalue weighted by molar-refractivity contribution is 8.00. The van der Waals surface area contributed by atoms with E-state index in [1.54, 1.807) is 0 Å². The minimum Gasteiger partial charge on any atom is -0.455 e. The molecule has 4 nitrogen and oxygen atoms in total. The predicted octanol–water partition coefficient (Wildman–Crippen LogP) is 4.09. The molecule has 2 aromatic carbocycles. The zero-order chi connectivity index (χ0) is 18.1. The lowest BCUT2D eigenvalue weighted by atomic mass is 10.0. The van der Waals surface area contributed by atoms with Gasteiger partial charge in [-0.05, 0) is 36.1 Å². The minimum absolute atomic E-state index is 0.184. The first-order valence-electron chi connectivity index (χ1n) is 8.38. The third-order valence-corrected chi connectivity index (χ3v) is 4.71.